The minimum absolute atomic E-state index is 0.191. The number of nitrogens with one attached hydrogen (secondary N) is 1. The summed E-state index contributed by atoms with van der Waals surface area (Å²) in [7, 11) is 0. The SMILES string of the molecule is CC(Oc1ccccc1)C(=O)NCCC(O)c1ccccc1. The molecule has 4 heteroatoms. The molecule has 0 spiro atoms. The van der Waals surface area contributed by atoms with Crippen LogP contribution in [0, 0.1) is 0 Å². The second-order valence-electron chi connectivity index (χ2n) is 5.08. The molecule has 0 radical (unpaired) electrons. The van der Waals surface area contributed by atoms with Crippen LogP contribution in [0.25, 0.3) is 0 Å². The maximum absolute atomic E-state index is 11.9. The molecular formula is C18H21NO3. The molecule has 0 saturated heterocycles. The lowest BCUT2D eigenvalue weighted by atomic mass is 10.1. The molecule has 22 heavy (non-hydrogen) atoms. The Labute approximate surface area is 130 Å². The summed E-state index contributed by atoms with van der Waals surface area (Å²) in [6, 6.07) is 18.6. The zero-order valence-corrected chi connectivity index (χ0v) is 12.6. The van der Waals surface area contributed by atoms with E-state index in [1.807, 2.05) is 60.7 Å². The van der Waals surface area contributed by atoms with Crippen molar-refractivity contribution >= 4 is 5.91 Å². The third-order valence-corrected chi connectivity index (χ3v) is 3.33. The van der Waals surface area contributed by atoms with Gasteiger partial charge in [0.25, 0.3) is 5.91 Å². The molecular weight excluding hydrogens is 278 g/mol. The molecule has 0 aromatic heterocycles. The number of amides is 1. The van der Waals surface area contributed by atoms with Gasteiger partial charge in [-0.25, -0.2) is 0 Å². The minimum Gasteiger partial charge on any atom is -0.481 e. The van der Waals surface area contributed by atoms with Crippen LogP contribution in [0.2, 0.25) is 0 Å². The van der Waals surface area contributed by atoms with Crippen LogP contribution >= 0.6 is 0 Å². The molecule has 2 N–H and O–H groups in total. The van der Waals surface area contributed by atoms with Crippen LogP contribution < -0.4 is 10.1 Å². The average Bonchev–Trinajstić information content (AvgIpc) is 2.56. The van der Waals surface area contributed by atoms with Gasteiger partial charge in [-0.3, -0.25) is 4.79 Å². The Morgan fingerprint density at radius 2 is 1.68 bits per heavy atom. The average molecular weight is 299 g/mol. The van der Waals surface area contributed by atoms with E-state index in [4.69, 9.17) is 4.74 Å². The predicted molar refractivity (Wildman–Crippen MR) is 85.6 cm³/mol. The summed E-state index contributed by atoms with van der Waals surface area (Å²) < 4.78 is 5.54. The van der Waals surface area contributed by atoms with Gasteiger partial charge in [0.1, 0.15) is 5.75 Å². The Kier molecular flexibility index (Phi) is 5.98. The summed E-state index contributed by atoms with van der Waals surface area (Å²) in [5, 5.41) is 12.8. The van der Waals surface area contributed by atoms with Gasteiger partial charge in [-0.2, -0.15) is 0 Å². The molecule has 2 atom stereocenters. The van der Waals surface area contributed by atoms with Crippen molar-refractivity contribution in [2.24, 2.45) is 0 Å². The molecule has 0 aliphatic heterocycles. The number of benzene rings is 2. The van der Waals surface area contributed by atoms with Crippen LogP contribution in [0.15, 0.2) is 60.7 Å². The van der Waals surface area contributed by atoms with Gasteiger partial charge in [0, 0.05) is 6.54 Å². The van der Waals surface area contributed by atoms with Crippen LogP contribution in [0.3, 0.4) is 0 Å². The molecule has 2 rings (SSSR count). The van der Waals surface area contributed by atoms with E-state index < -0.39 is 12.2 Å². The Hall–Kier alpha value is -2.33. The lowest BCUT2D eigenvalue weighted by Gasteiger charge is -2.16. The smallest absolute Gasteiger partial charge is 0.260 e. The number of hydrogen-bond acceptors (Lipinski definition) is 3. The highest BCUT2D eigenvalue weighted by Gasteiger charge is 2.15. The molecule has 0 aliphatic carbocycles. The number of aliphatic hydroxyl groups excluding tert-OH is 1. The molecule has 1 amide bonds. The van der Waals surface area contributed by atoms with Crippen molar-refractivity contribution in [3.05, 3.63) is 66.2 Å². The zero-order chi connectivity index (χ0) is 15.8. The van der Waals surface area contributed by atoms with Gasteiger partial charge in [-0.1, -0.05) is 48.5 Å². The van der Waals surface area contributed by atoms with Crippen molar-refractivity contribution in [2.45, 2.75) is 25.6 Å². The van der Waals surface area contributed by atoms with Crippen molar-refractivity contribution in [3.63, 3.8) is 0 Å². The topological polar surface area (TPSA) is 58.6 Å². The van der Waals surface area contributed by atoms with Gasteiger partial charge in [-0.15, -0.1) is 0 Å². The monoisotopic (exact) mass is 299 g/mol. The predicted octanol–water partition coefficient (Wildman–Crippen LogP) is 2.69. The lowest BCUT2D eigenvalue weighted by Crippen LogP contribution is -2.37. The van der Waals surface area contributed by atoms with E-state index in [0.29, 0.717) is 18.7 Å². The van der Waals surface area contributed by atoms with Crippen LogP contribution in [0.5, 0.6) is 5.75 Å². The Balaban J connectivity index is 1.73. The van der Waals surface area contributed by atoms with E-state index >= 15 is 0 Å². The first kappa shape index (κ1) is 16.0. The highest BCUT2D eigenvalue weighted by molar-refractivity contribution is 5.80. The first-order chi connectivity index (χ1) is 10.7. The van der Waals surface area contributed by atoms with Crippen molar-refractivity contribution in [1.29, 1.82) is 0 Å². The third-order valence-electron chi connectivity index (χ3n) is 3.33. The summed E-state index contributed by atoms with van der Waals surface area (Å²) >= 11 is 0. The van der Waals surface area contributed by atoms with Crippen LogP contribution in [-0.2, 0) is 4.79 Å². The van der Waals surface area contributed by atoms with Crippen LogP contribution in [0.1, 0.15) is 25.0 Å². The lowest BCUT2D eigenvalue weighted by molar-refractivity contribution is -0.127. The van der Waals surface area contributed by atoms with Gasteiger partial charge in [0.05, 0.1) is 6.10 Å². The van der Waals surface area contributed by atoms with E-state index in [0.717, 1.165) is 5.56 Å². The molecule has 116 valence electrons. The van der Waals surface area contributed by atoms with Gasteiger partial charge in [0.15, 0.2) is 6.10 Å². The molecule has 4 nitrogen and oxygen atoms in total. The molecule has 0 bridgehead atoms. The maximum atomic E-state index is 11.9. The molecule has 2 aromatic rings. The first-order valence-electron chi connectivity index (χ1n) is 7.39. The number of carbonyl (C=O) groups is 1. The summed E-state index contributed by atoms with van der Waals surface area (Å²) in [6.45, 7) is 2.10. The Bertz CT molecular complexity index is 571. The van der Waals surface area contributed by atoms with E-state index in [-0.39, 0.29) is 5.91 Å². The number of rotatable bonds is 7. The first-order valence-corrected chi connectivity index (χ1v) is 7.39. The summed E-state index contributed by atoms with van der Waals surface area (Å²) in [6.07, 6.45) is -0.684. The third kappa shape index (κ3) is 4.90. The Morgan fingerprint density at radius 3 is 2.32 bits per heavy atom. The van der Waals surface area contributed by atoms with Gasteiger partial charge in [0.2, 0.25) is 0 Å². The number of para-hydroxylation sites is 1. The fourth-order valence-electron chi connectivity index (χ4n) is 2.07. The molecule has 2 unspecified atom stereocenters. The van der Waals surface area contributed by atoms with Gasteiger partial charge in [-0.05, 0) is 31.0 Å². The normalized spacial score (nSPS) is 13.2. The van der Waals surface area contributed by atoms with E-state index in [1.54, 1.807) is 6.92 Å². The number of carbonyl (C=O) groups excluding carboxylic acids is 1. The number of ether oxygens (including phenoxy) is 1. The number of hydrogen-bond donors (Lipinski definition) is 2. The van der Waals surface area contributed by atoms with Crippen LogP contribution in [-0.4, -0.2) is 23.7 Å². The molecule has 0 fully saturated rings. The maximum Gasteiger partial charge on any atom is 0.260 e. The minimum atomic E-state index is -0.577. The van der Waals surface area contributed by atoms with Gasteiger partial charge >= 0.3 is 0 Å². The summed E-state index contributed by atoms with van der Waals surface area (Å²) in [4.78, 5) is 11.9. The van der Waals surface area contributed by atoms with Gasteiger partial charge < -0.3 is 15.2 Å². The number of aliphatic hydroxyl groups is 1. The second-order valence-corrected chi connectivity index (χ2v) is 5.08. The molecule has 0 heterocycles. The van der Waals surface area contributed by atoms with Crippen molar-refractivity contribution in [3.8, 4) is 5.75 Å². The van der Waals surface area contributed by atoms with E-state index in [9.17, 15) is 9.90 Å². The standard InChI is InChI=1S/C18H21NO3/c1-14(22-16-10-6-3-7-11-16)18(21)19-13-12-17(20)15-8-4-2-5-9-15/h2-11,14,17,20H,12-13H2,1H3,(H,19,21). The molecule has 0 saturated carbocycles. The summed E-state index contributed by atoms with van der Waals surface area (Å²) in [5.74, 6) is 0.471. The largest absolute Gasteiger partial charge is 0.481 e. The fraction of sp³-hybridized carbons (Fsp3) is 0.278. The highest BCUT2D eigenvalue weighted by Crippen LogP contribution is 2.15. The van der Waals surface area contributed by atoms with E-state index in [2.05, 4.69) is 5.32 Å². The highest BCUT2D eigenvalue weighted by atomic mass is 16.5. The van der Waals surface area contributed by atoms with Crippen LogP contribution in [0.4, 0.5) is 0 Å². The fourth-order valence-corrected chi connectivity index (χ4v) is 2.07. The summed E-state index contributed by atoms with van der Waals surface area (Å²) in [5.41, 5.74) is 0.852. The van der Waals surface area contributed by atoms with Crippen molar-refractivity contribution in [1.82, 2.24) is 5.32 Å². The Morgan fingerprint density at radius 1 is 1.09 bits per heavy atom. The quantitative estimate of drug-likeness (QED) is 0.826. The van der Waals surface area contributed by atoms with E-state index in [1.165, 1.54) is 0 Å². The molecule has 2 aromatic carbocycles. The zero-order valence-electron chi connectivity index (χ0n) is 12.6. The van der Waals surface area contributed by atoms with Crippen molar-refractivity contribution in [2.75, 3.05) is 6.54 Å². The van der Waals surface area contributed by atoms with Crippen molar-refractivity contribution < 1.29 is 14.6 Å². The second kappa shape index (κ2) is 8.20. The molecule has 0 aliphatic rings.